The molecule has 0 aliphatic carbocycles. The molecule has 17 heavy (non-hydrogen) atoms. The van der Waals surface area contributed by atoms with E-state index in [1.54, 1.807) is 6.20 Å². The molecule has 0 spiro atoms. The van der Waals surface area contributed by atoms with Crippen LogP contribution in [0.1, 0.15) is 32.4 Å². The average Bonchev–Trinajstić information content (AvgIpc) is 2.65. The lowest BCUT2D eigenvalue weighted by molar-refractivity contribution is -0.124. The van der Waals surface area contributed by atoms with Crippen LogP contribution in [0.4, 0.5) is 0 Å². The monoisotopic (exact) mass is 230 g/mol. The number of nitrogens with zero attached hydrogens (tertiary/aromatic N) is 2. The van der Waals surface area contributed by atoms with Gasteiger partial charge in [-0.05, 0) is 25.5 Å². The Hall–Kier alpha value is -1.64. The highest BCUT2D eigenvalue weighted by Gasteiger charge is 2.20. The van der Waals surface area contributed by atoms with Gasteiger partial charge in [0, 0.05) is 29.9 Å². The largest absolute Gasteiger partial charge is 0.337 e. The van der Waals surface area contributed by atoms with Crippen LogP contribution in [0.25, 0.3) is 10.9 Å². The first kappa shape index (κ1) is 11.8. The van der Waals surface area contributed by atoms with Crippen LogP contribution in [0.2, 0.25) is 0 Å². The summed E-state index contributed by atoms with van der Waals surface area (Å²) in [6.45, 7) is 7.90. The fourth-order valence-corrected chi connectivity index (χ4v) is 2.20. The van der Waals surface area contributed by atoms with Crippen molar-refractivity contribution < 1.29 is 4.79 Å². The number of rotatable bonds is 3. The van der Waals surface area contributed by atoms with Crippen LogP contribution in [-0.2, 0) is 4.79 Å². The first-order valence-electron chi connectivity index (χ1n) is 5.97. The van der Waals surface area contributed by atoms with Crippen LogP contribution >= 0.6 is 0 Å². The number of hydrogen-bond acceptors (Lipinski definition) is 2. The molecule has 0 amide bonds. The molecule has 90 valence electrons. The molecule has 1 atom stereocenters. The normalized spacial score (nSPS) is 13.2. The Morgan fingerprint density at radius 1 is 1.35 bits per heavy atom. The van der Waals surface area contributed by atoms with Crippen molar-refractivity contribution in [3.8, 4) is 0 Å². The molecule has 0 fully saturated rings. The van der Waals surface area contributed by atoms with Gasteiger partial charge in [0.1, 0.15) is 0 Å². The standard InChI is InChI=1S/C14H18N2O/c1-9(2)14(17)11(4)16-8-10(3)12-7-15-6-5-13(12)16/h5-9,11H,1-4H3. The van der Waals surface area contributed by atoms with Crippen molar-refractivity contribution in [3.63, 3.8) is 0 Å². The zero-order valence-corrected chi connectivity index (χ0v) is 10.8. The summed E-state index contributed by atoms with van der Waals surface area (Å²) < 4.78 is 2.05. The maximum atomic E-state index is 12.1. The minimum atomic E-state index is -0.117. The maximum absolute atomic E-state index is 12.1. The van der Waals surface area contributed by atoms with E-state index in [0.29, 0.717) is 0 Å². The predicted octanol–water partition coefficient (Wildman–Crippen LogP) is 3.13. The van der Waals surface area contributed by atoms with Gasteiger partial charge >= 0.3 is 0 Å². The summed E-state index contributed by atoms with van der Waals surface area (Å²) in [4.78, 5) is 16.2. The second-order valence-corrected chi connectivity index (χ2v) is 4.85. The van der Waals surface area contributed by atoms with Gasteiger partial charge in [-0.3, -0.25) is 9.78 Å². The summed E-state index contributed by atoms with van der Waals surface area (Å²) in [7, 11) is 0. The van der Waals surface area contributed by atoms with E-state index in [2.05, 4.69) is 9.55 Å². The van der Waals surface area contributed by atoms with Gasteiger partial charge in [-0.1, -0.05) is 13.8 Å². The second kappa shape index (κ2) is 4.32. The average molecular weight is 230 g/mol. The molecular formula is C14H18N2O. The van der Waals surface area contributed by atoms with Crippen molar-refractivity contribution in [2.75, 3.05) is 0 Å². The molecule has 2 heterocycles. The first-order valence-corrected chi connectivity index (χ1v) is 5.97. The molecule has 1 unspecified atom stereocenters. The Kier molecular flexibility index (Phi) is 3.01. The maximum Gasteiger partial charge on any atom is 0.157 e. The van der Waals surface area contributed by atoms with Crippen molar-refractivity contribution in [1.82, 2.24) is 9.55 Å². The number of carbonyl (C=O) groups excluding carboxylic acids is 1. The van der Waals surface area contributed by atoms with Gasteiger partial charge in [0.25, 0.3) is 0 Å². The van der Waals surface area contributed by atoms with Gasteiger partial charge in [-0.2, -0.15) is 0 Å². The molecule has 3 nitrogen and oxygen atoms in total. The van der Waals surface area contributed by atoms with Gasteiger partial charge < -0.3 is 4.57 Å². The number of aryl methyl sites for hydroxylation is 1. The Bertz CT molecular complexity index is 554. The van der Waals surface area contributed by atoms with Crippen molar-refractivity contribution in [2.45, 2.75) is 33.7 Å². The Balaban J connectivity index is 2.53. The zero-order valence-electron chi connectivity index (χ0n) is 10.8. The Labute approximate surface area is 101 Å². The molecule has 0 bridgehead atoms. The number of fused-ring (bicyclic) bond motifs is 1. The molecule has 0 N–H and O–H groups in total. The van der Waals surface area contributed by atoms with Crippen LogP contribution in [0.5, 0.6) is 0 Å². The number of hydrogen-bond donors (Lipinski definition) is 0. The summed E-state index contributed by atoms with van der Waals surface area (Å²) in [6.07, 6.45) is 5.66. The molecule has 3 heteroatoms. The minimum absolute atomic E-state index is 0.0598. The van der Waals surface area contributed by atoms with E-state index >= 15 is 0 Å². The molecular weight excluding hydrogens is 212 g/mol. The lowest BCUT2D eigenvalue weighted by Crippen LogP contribution is -2.20. The van der Waals surface area contributed by atoms with E-state index in [1.807, 2.05) is 46.2 Å². The van der Waals surface area contributed by atoms with Gasteiger partial charge in [0.15, 0.2) is 5.78 Å². The van der Waals surface area contributed by atoms with Crippen molar-refractivity contribution in [2.24, 2.45) is 5.92 Å². The van der Waals surface area contributed by atoms with Gasteiger partial charge in [-0.15, -0.1) is 0 Å². The summed E-state index contributed by atoms with van der Waals surface area (Å²) in [5.41, 5.74) is 2.25. The van der Waals surface area contributed by atoms with Gasteiger partial charge in [-0.25, -0.2) is 0 Å². The lowest BCUT2D eigenvalue weighted by atomic mass is 10.0. The van der Waals surface area contributed by atoms with E-state index in [4.69, 9.17) is 0 Å². The predicted molar refractivity (Wildman–Crippen MR) is 69.0 cm³/mol. The van der Waals surface area contributed by atoms with Crippen LogP contribution in [0, 0.1) is 12.8 Å². The molecule has 2 aromatic rings. The first-order chi connectivity index (χ1) is 8.02. The third-order valence-electron chi connectivity index (χ3n) is 3.23. The van der Waals surface area contributed by atoms with E-state index in [-0.39, 0.29) is 17.7 Å². The SMILES string of the molecule is Cc1cn(C(C)C(=O)C(C)C)c2ccncc12. The third-order valence-corrected chi connectivity index (χ3v) is 3.23. The van der Waals surface area contributed by atoms with E-state index < -0.39 is 0 Å². The quantitative estimate of drug-likeness (QED) is 0.812. The van der Waals surface area contributed by atoms with E-state index in [0.717, 1.165) is 16.5 Å². The molecule has 0 radical (unpaired) electrons. The number of aromatic nitrogens is 2. The van der Waals surface area contributed by atoms with E-state index in [1.165, 1.54) is 0 Å². The fourth-order valence-electron chi connectivity index (χ4n) is 2.20. The highest BCUT2D eigenvalue weighted by Crippen LogP contribution is 2.24. The number of carbonyl (C=O) groups is 1. The van der Waals surface area contributed by atoms with E-state index in [9.17, 15) is 4.79 Å². The van der Waals surface area contributed by atoms with Gasteiger partial charge in [0.2, 0.25) is 0 Å². The number of ketones is 1. The molecule has 0 aromatic carbocycles. The van der Waals surface area contributed by atoms with Crippen molar-refractivity contribution in [3.05, 3.63) is 30.2 Å². The topological polar surface area (TPSA) is 34.9 Å². The van der Waals surface area contributed by atoms with Crippen molar-refractivity contribution >= 4 is 16.7 Å². The molecule has 0 saturated heterocycles. The van der Waals surface area contributed by atoms with Crippen molar-refractivity contribution in [1.29, 1.82) is 0 Å². The zero-order chi connectivity index (χ0) is 12.6. The summed E-state index contributed by atoms with van der Waals surface area (Å²) in [5, 5.41) is 1.12. The fraction of sp³-hybridized carbons (Fsp3) is 0.429. The summed E-state index contributed by atoms with van der Waals surface area (Å²) in [6, 6.07) is 1.85. The second-order valence-electron chi connectivity index (χ2n) is 4.85. The van der Waals surface area contributed by atoms with Crippen LogP contribution in [0.15, 0.2) is 24.7 Å². The summed E-state index contributed by atoms with van der Waals surface area (Å²) in [5.74, 6) is 0.323. The van der Waals surface area contributed by atoms with Crippen LogP contribution in [0.3, 0.4) is 0 Å². The van der Waals surface area contributed by atoms with Crippen LogP contribution in [-0.4, -0.2) is 15.3 Å². The molecule has 2 aromatic heterocycles. The summed E-state index contributed by atoms with van der Waals surface area (Å²) >= 11 is 0. The molecule has 0 aliphatic rings. The van der Waals surface area contributed by atoms with Gasteiger partial charge in [0.05, 0.1) is 11.6 Å². The molecule has 0 saturated carbocycles. The highest BCUT2D eigenvalue weighted by atomic mass is 16.1. The Morgan fingerprint density at radius 2 is 2.06 bits per heavy atom. The van der Waals surface area contributed by atoms with Crippen LogP contribution < -0.4 is 0 Å². The smallest absolute Gasteiger partial charge is 0.157 e. The Morgan fingerprint density at radius 3 is 2.71 bits per heavy atom. The minimum Gasteiger partial charge on any atom is -0.337 e. The number of pyridine rings is 1. The lowest BCUT2D eigenvalue weighted by Gasteiger charge is -2.16. The number of Topliss-reactive ketones (excluding diaryl/α,β-unsaturated/α-hetero) is 1. The third kappa shape index (κ3) is 1.97. The highest BCUT2D eigenvalue weighted by molar-refractivity contribution is 5.88. The molecule has 0 aliphatic heterocycles. The molecule has 2 rings (SSSR count).